The first-order valence-corrected chi connectivity index (χ1v) is 12.2. The van der Waals surface area contributed by atoms with E-state index in [2.05, 4.69) is 0 Å². The first-order valence-electron chi connectivity index (χ1n) is 11.4. The number of carbonyl (C=O) groups is 1. The van der Waals surface area contributed by atoms with Gasteiger partial charge in [-0.2, -0.15) is 0 Å². The molecule has 0 bridgehead atoms. The number of ether oxygens (including phenoxy) is 5. The molecule has 0 saturated carbocycles. The maximum Gasteiger partial charge on any atom is 0.305 e. The van der Waals surface area contributed by atoms with Gasteiger partial charge in [0.15, 0.2) is 6.10 Å². The minimum atomic E-state index is -0.981. The highest BCUT2D eigenvalue weighted by Crippen LogP contribution is 2.28. The maximum absolute atomic E-state index is 11.7. The Balaban J connectivity index is 1.36. The SMILES string of the molecule is CC(=O)OC(Oc1ccc(Oc2ccc(Cl)cc2)cc1)C(C)Oc1ccc(Oc2ccc(Cl)cc2)cc1. The Bertz CT molecular complexity index is 1290. The lowest BCUT2D eigenvalue weighted by Gasteiger charge is -2.25. The van der Waals surface area contributed by atoms with Crippen molar-refractivity contribution in [2.24, 2.45) is 0 Å². The van der Waals surface area contributed by atoms with E-state index in [0.29, 0.717) is 44.5 Å². The van der Waals surface area contributed by atoms with Gasteiger partial charge in [0.2, 0.25) is 0 Å². The van der Waals surface area contributed by atoms with Crippen LogP contribution in [0.5, 0.6) is 34.5 Å². The van der Waals surface area contributed by atoms with Gasteiger partial charge in [-0.3, -0.25) is 4.79 Å². The van der Waals surface area contributed by atoms with E-state index in [0.717, 1.165) is 0 Å². The summed E-state index contributed by atoms with van der Waals surface area (Å²) in [5.74, 6) is 3.12. The molecule has 4 aromatic rings. The molecule has 190 valence electrons. The maximum atomic E-state index is 11.7. The van der Waals surface area contributed by atoms with Gasteiger partial charge < -0.3 is 23.7 Å². The van der Waals surface area contributed by atoms with Crippen LogP contribution in [0.1, 0.15) is 13.8 Å². The summed E-state index contributed by atoms with van der Waals surface area (Å²) in [6, 6.07) is 28.1. The van der Waals surface area contributed by atoms with Crippen LogP contribution >= 0.6 is 23.2 Å². The molecule has 2 atom stereocenters. The van der Waals surface area contributed by atoms with Gasteiger partial charge in [0.05, 0.1) is 0 Å². The van der Waals surface area contributed by atoms with E-state index in [9.17, 15) is 4.79 Å². The third-order valence-electron chi connectivity index (χ3n) is 4.99. The van der Waals surface area contributed by atoms with E-state index in [1.54, 1.807) is 104 Å². The second-order valence-electron chi connectivity index (χ2n) is 7.97. The summed E-state index contributed by atoms with van der Waals surface area (Å²) in [5.41, 5.74) is 0. The Hall–Kier alpha value is -3.87. The summed E-state index contributed by atoms with van der Waals surface area (Å²) >= 11 is 11.8. The van der Waals surface area contributed by atoms with Crippen LogP contribution in [0.2, 0.25) is 10.0 Å². The third-order valence-corrected chi connectivity index (χ3v) is 5.49. The quantitative estimate of drug-likeness (QED) is 0.149. The Morgan fingerprint density at radius 1 is 0.568 bits per heavy atom. The zero-order valence-electron chi connectivity index (χ0n) is 20.1. The van der Waals surface area contributed by atoms with Gasteiger partial charge in [-0.25, -0.2) is 0 Å². The predicted octanol–water partition coefficient (Wildman–Crippen LogP) is 8.31. The lowest BCUT2D eigenvalue weighted by atomic mass is 10.3. The molecule has 0 heterocycles. The minimum absolute atomic E-state index is 0.483. The van der Waals surface area contributed by atoms with Gasteiger partial charge in [0, 0.05) is 17.0 Å². The standard InChI is InChI=1S/C29H24Cl2O6/c1-19(33-23-11-13-26(14-12-23)35-24-7-3-21(30)4-8-24)29(34-20(2)32)37-28-17-15-27(16-18-28)36-25-9-5-22(31)6-10-25/h3-19,29H,1-2H3. The molecule has 0 aromatic heterocycles. The molecule has 8 heteroatoms. The van der Waals surface area contributed by atoms with E-state index in [-0.39, 0.29) is 0 Å². The summed E-state index contributed by atoms with van der Waals surface area (Å²) in [4.78, 5) is 11.7. The molecule has 0 aliphatic rings. The van der Waals surface area contributed by atoms with Gasteiger partial charge in [-0.05, 0) is 104 Å². The van der Waals surface area contributed by atoms with Crippen molar-refractivity contribution in [2.75, 3.05) is 0 Å². The molecular weight excluding hydrogens is 515 g/mol. The van der Waals surface area contributed by atoms with Gasteiger partial charge >= 0.3 is 5.97 Å². The summed E-state index contributed by atoms with van der Waals surface area (Å²) < 4.78 is 28.9. The molecule has 0 spiro atoms. The van der Waals surface area contributed by atoms with Crippen LogP contribution in [0.3, 0.4) is 0 Å². The molecule has 4 rings (SSSR count). The largest absolute Gasteiger partial charge is 0.483 e. The summed E-state index contributed by atoms with van der Waals surface area (Å²) in [6.07, 6.45) is -1.59. The Labute approximate surface area is 225 Å². The molecular formula is C29H24Cl2O6. The Morgan fingerprint density at radius 3 is 1.27 bits per heavy atom. The fourth-order valence-electron chi connectivity index (χ4n) is 3.23. The number of carbonyl (C=O) groups excluding carboxylic acids is 1. The predicted molar refractivity (Wildman–Crippen MR) is 142 cm³/mol. The molecule has 6 nitrogen and oxygen atoms in total. The molecule has 37 heavy (non-hydrogen) atoms. The number of benzene rings is 4. The topological polar surface area (TPSA) is 63.2 Å². The molecule has 0 aliphatic carbocycles. The van der Waals surface area contributed by atoms with Crippen molar-refractivity contribution >= 4 is 29.2 Å². The number of hydrogen-bond acceptors (Lipinski definition) is 6. The smallest absolute Gasteiger partial charge is 0.305 e. The highest BCUT2D eigenvalue weighted by molar-refractivity contribution is 6.30. The van der Waals surface area contributed by atoms with Crippen molar-refractivity contribution in [1.82, 2.24) is 0 Å². The number of rotatable bonds is 10. The van der Waals surface area contributed by atoms with E-state index >= 15 is 0 Å². The van der Waals surface area contributed by atoms with Crippen LogP contribution in [0.25, 0.3) is 0 Å². The molecule has 4 aromatic carbocycles. The minimum Gasteiger partial charge on any atom is -0.483 e. The van der Waals surface area contributed by atoms with Crippen LogP contribution in [0.4, 0.5) is 0 Å². The van der Waals surface area contributed by atoms with Crippen LogP contribution < -0.4 is 18.9 Å². The van der Waals surface area contributed by atoms with Crippen LogP contribution in [0, 0.1) is 0 Å². The highest BCUT2D eigenvalue weighted by atomic mass is 35.5. The second-order valence-corrected chi connectivity index (χ2v) is 8.85. The lowest BCUT2D eigenvalue weighted by Crippen LogP contribution is -2.37. The van der Waals surface area contributed by atoms with E-state index in [4.69, 9.17) is 46.9 Å². The van der Waals surface area contributed by atoms with E-state index in [1.165, 1.54) is 6.92 Å². The first kappa shape index (κ1) is 26.2. The van der Waals surface area contributed by atoms with Crippen molar-refractivity contribution in [3.63, 3.8) is 0 Å². The van der Waals surface area contributed by atoms with Crippen molar-refractivity contribution in [3.8, 4) is 34.5 Å². The average Bonchev–Trinajstić information content (AvgIpc) is 2.88. The van der Waals surface area contributed by atoms with Gasteiger partial charge in [0.1, 0.15) is 34.5 Å². The van der Waals surface area contributed by atoms with Crippen LogP contribution in [0.15, 0.2) is 97.1 Å². The Morgan fingerprint density at radius 2 is 0.892 bits per heavy atom. The van der Waals surface area contributed by atoms with Gasteiger partial charge in [0.25, 0.3) is 6.29 Å². The molecule has 0 aliphatic heterocycles. The molecule has 0 saturated heterocycles. The molecule has 0 N–H and O–H groups in total. The molecule has 0 amide bonds. The van der Waals surface area contributed by atoms with Crippen molar-refractivity contribution in [2.45, 2.75) is 26.2 Å². The van der Waals surface area contributed by atoms with Crippen molar-refractivity contribution in [1.29, 1.82) is 0 Å². The summed E-state index contributed by atoms with van der Waals surface area (Å²) in [6.45, 7) is 3.07. The molecule has 0 radical (unpaired) electrons. The zero-order chi connectivity index (χ0) is 26.2. The molecule has 0 fully saturated rings. The van der Waals surface area contributed by atoms with Gasteiger partial charge in [-0.1, -0.05) is 23.2 Å². The van der Waals surface area contributed by atoms with Crippen molar-refractivity contribution in [3.05, 3.63) is 107 Å². The monoisotopic (exact) mass is 538 g/mol. The Kier molecular flexibility index (Phi) is 8.77. The van der Waals surface area contributed by atoms with Crippen LogP contribution in [-0.2, 0) is 9.53 Å². The van der Waals surface area contributed by atoms with Crippen molar-refractivity contribution < 1.29 is 28.5 Å². The normalized spacial score (nSPS) is 12.2. The summed E-state index contributed by atoms with van der Waals surface area (Å²) in [5, 5.41) is 1.27. The first-order chi connectivity index (χ1) is 17.8. The fraction of sp³-hybridized carbons (Fsp3) is 0.138. The number of halogens is 2. The average molecular weight is 539 g/mol. The highest BCUT2D eigenvalue weighted by Gasteiger charge is 2.24. The van der Waals surface area contributed by atoms with Crippen LogP contribution in [-0.4, -0.2) is 18.4 Å². The van der Waals surface area contributed by atoms with E-state index < -0.39 is 18.4 Å². The fourth-order valence-corrected chi connectivity index (χ4v) is 3.49. The third kappa shape index (κ3) is 8.07. The van der Waals surface area contributed by atoms with Gasteiger partial charge in [-0.15, -0.1) is 0 Å². The molecule has 2 unspecified atom stereocenters. The lowest BCUT2D eigenvalue weighted by molar-refractivity contribution is -0.172. The second kappa shape index (κ2) is 12.4. The zero-order valence-corrected chi connectivity index (χ0v) is 21.6. The number of esters is 1. The summed E-state index contributed by atoms with van der Waals surface area (Å²) in [7, 11) is 0. The number of hydrogen-bond donors (Lipinski definition) is 0. The van der Waals surface area contributed by atoms with E-state index in [1.807, 2.05) is 0 Å².